The molecule has 1 unspecified atom stereocenters. The van der Waals surface area contributed by atoms with Crippen molar-refractivity contribution in [2.45, 2.75) is 33.0 Å². The number of benzene rings is 3. The number of hydrogen-bond acceptors (Lipinski definition) is 7. The lowest BCUT2D eigenvalue weighted by molar-refractivity contribution is -0.139. The van der Waals surface area contributed by atoms with Crippen molar-refractivity contribution in [3.8, 4) is 17.6 Å². The molecule has 188 valence electrons. The SMILES string of the molecule is CCOC(=O)C1=C(C)OC(N)=C(C#N)C1c1cc(OCc2ccccc2)cc(OCc2ccccc2)c1. The number of hydrogen-bond donors (Lipinski definition) is 1. The maximum Gasteiger partial charge on any atom is 0.338 e. The molecule has 1 aliphatic heterocycles. The second-order valence-corrected chi connectivity index (χ2v) is 8.40. The fourth-order valence-corrected chi connectivity index (χ4v) is 4.10. The summed E-state index contributed by atoms with van der Waals surface area (Å²) in [5.41, 5.74) is 8.99. The Bertz CT molecular complexity index is 1300. The molecule has 37 heavy (non-hydrogen) atoms. The highest BCUT2D eigenvalue weighted by atomic mass is 16.5. The van der Waals surface area contributed by atoms with Gasteiger partial charge in [-0.25, -0.2) is 4.79 Å². The number of nitrogens with two attached hydrogens (primary N) is 1. The van der Waals surface area contributed by atoms with Gasteiger partial charge in [-0.1, -0.05) is 60.7 Å². The zero-order chi connectivity index (χ0) is 26.2. The van der Waals surface area contributed by atoms with Gasteiger partial charge < -0.3 is 24.7 Å². The number of allylic oxidation sites excluding steroid dienone is 2. The number of ether oxygens (including phenoxy) is 4. The monoisotopic (exact) mass is 496 g/mol. The summed E-state index contributed by atoms with van der Waals surface area (Å²) < 4.78 is 23.1. The van der Waals surface area contributed by atoms with E-state index >= 15 is 0 Å². The molecule has 0 fully saturated rings. The summed E-state index contributed by atoms with van der Waals surface area (Å²) in [6.07, 6.45) is 0. The minimum Gasteiger partial charge on any atom is -0.489 e. The van der Waals surface area contributed by atoms with Crippen molar-refractivity contribution < 1.29 is 23.7 Å². The van der Waals surface area contributed by atoms with Gasteiger partial charge in [-0.3, -0.25) is 0 Å². The van der Waals surface area contributed by atoms with E-state index in [1.807, 2.05) is 60.7 Å². The minimum absolute atomic E-state index is 0.0552. The lowest BCUT2D eigenvalue weighted by Crippen LogP contribution is -2.25. The van der Waals surface area contributed by atoms with Gasteiger partial charge in [0.1, 0.15) is 42.1 Å². The predicted octanol–water partition coefficient (Wildman–Crippen LogP) is 5.49. The maximum atomic E-state index is 13.0. The summed E-state index contributed by atoms with van der Waals surface area (Å²) in [4.78, 5) is 13.0. The van der Waals surface area contributed by atoms with Crippen LogP contribution in [0.15, 0.2) is 102 Å². The smallest absolute Gasteiger partial charge is 0.338 e. The Hall–Kier alpha value is -4.70. The lowest BCUT2D eigenvalue weighted by atomic mass is 9.83. The molecule has 0 aromatic heterocycles. The third-order valence-electron chi connectivity index (χ3n) is 5.83. The molecular formula is C30H28N2O5. The highest BCUT2D eigenvalue weighted by Crippen LogP contribution is 2.42. The first-order chi connectivity index (χ1) is 18.0. The fourth-order valence-electron chi connectivity index (χ4n) is 4.10. The molecular weight excluding hydrogens is 468 g/mol. The van der Waals surface area contributed by atoms with Gasteiger partial charge in [0.2, 0.25) is 5.88 Å². The Labute approximate surface area is 216 Å². The molecule has 0 aliphatic carbocycles. The van der Waals surface area contributed by atoms with E-state index in [0.29, 0.717) is 30.3 Å². The van der Waals surface area contributed by atoms with Gasteiger partial charge in [-0.15, -0.1) is 0 Å². The predicted molar refractivity (Wildman–Crippen MR) is 138 cm³/mol. The highest BCUT2D eigenvalue weighted by Gasteiger charge is 2.36. The maximum absolute atomic E-state index is 13.0. The average Bonchev–Trinajstić information content (AvgIpc) is 2.91. The molecule has 7 nitrogen and oxygen atoms in total. The van der Waals surface area contributed by atoms with Crippen LogP contribution in [0.4, 0.5) is 0 Å². The van der Waals surface area contributed by atoms with E-state index in [2.05, 4.69) is 6.07 Å². The Morgan fingerprint density at radius 2 is 1.49 bits per heavy atom. The third-order valence-corrected chi connectivity index (χ3v) is 5.83. The van der Waals surface area contributed by atoms with Gasteiger partial charge in [-0.05, 0) is 42.7 Å². The summed E-state index contributed by atoms with van der Waals surface area (Å²) in [6, 6.07) is 27.0. The van der Waals surface area contributed by atoms with E-state index in [4.69, 9.17) is 24.7 Å². The molecule has 0 radical (unpaired) electrons. The second-order valence-electron chi connectivity index (χ2n) is 8.40. The molecule has 7 heteroatoms. The van der Waals surface area contributed by atoms with E-state index in [-0.39, 0.29) is 29.4 Å². The van der Waals surface area contributed by atoms with Crippen molar-refractivity contribution in [1.82, 2.24) is 0 Å². The number of esters is 1. The molecule has 3 aromatic rings. The second kappa shape index (κ2) is 11.8. The molecule has 1 heterocycles. The number of carbonyl (C=O) groups excluding carboxylic acids is 1. The summed E-state index contributed by atoms with van der Waals surface area (Å²) >= 11 is 0. The molecule has 1 aliphatic rings. The van der Waals surface area contributed by atoms with Crippen molar-refractivity contribution in [2.75, 3.05) is 6.61 Å². The average molecular weight is 497 g/mol. The van der Waals surface area contributed by atoms with Crippen LogP contribution >= 0.6 is 0 Å². The lowest BCUT2D eigenvalue weighted by Gasteiger charge is -2.27. The van der Waals surface area contributed by atoms with Gasteiger partial charge in [0, 0.05) is 6.07 Å². The third kappa shape index (κ3) is 6.11. The van der Waals surface area contributed by atoms with Crippen LogP contribution in [0.5, 0.6) is 11.5 Å². The Kier molecular flexibility index (Phi) is 8.11. The number of carbonyl (C=O) groups is 1. The van der Waals surface area contributed by atoms with Crippen LogP contribution in [0.2, 0.25) is 0 Å². The van der Waals surface area contributed by atoms with E-state index in [0.717, 1.165) is 11.1 Å². The molecule has 0 bridgehead atoms. The first-order valence-electron chi connectivity index (χ1n) is 11.9. The number of nitriles is 1. The zero-order valence-corrected chi connectivity index (χ0v) is 20.8. The summed E-state index contributed by atoms with van der Waals surface area (Å²) in [6.45, 7) is 4.19. The largest absolute Gasteiger partial charge is 0.489 e. The van der Waals surface area contributed by atoms with E-state index < -0.39 is 11.9 Å². The van der Waals surface area contributed by atoms with Gasteiger partial charge in [-0.2, -0.15) is 5.26 Å². The van der Waals surface area contributed by atoms with Crippen molar-refractivity contribution in [3.05, 3.63) is 118 Å². The van der Waals surface area contributed by atoms with Crippen LogP contribution in [0.25, 0.3) is 0 Å². The van der Waals surface area contributed by atoms with Crippen LogP contribution in [-0.2, 0) is 27.5 Å². The Morgan fingerprint density at radius 1 is 0.946 bits per heavy atom. The van der Waals surface area contributed by atoms with E-state index in [1.165, 1.54) is 0 Å². The Balaban J connectivity index is 1.75. The van der Waals surface area contributed by atoms with Crippen molar-refractivity contribution >= 4 is 5.97 Å². The van der Waals surface area contributed by atoms with Gasteiger partial charge in [0.15, 0.2) is 0 Å². The van der Waals surface area contributed by atoms with E-state index in [9.17, 15) is 10.1 Å². The highest BCUT2D eigenvalue weighted by molar-refractivity contribution is 5.92. The molecule has 2 N–H and O–H groups in total. The summed E-state index contributed by atoms with van der Waals surface area (Å²) in [5, 5.41) is 9.95. The van der Waals surface area contributed by atoms with E-state index in [1.54, 1.807) is 32.0 Å². The van der Waals surface area contributed by atoms with Gasteiger partial charge in [0.25, 0.3) is 0 Å². The van der Waals surface area contributed by atoms with Crippen molar-refractivity contribution in [2.24, 2.45) is 5.73 Å². The van der Waals surface area contributed by atoms with Gasteiger partial charge >= 0.3 is 5.97 Å². The molecule has 0 spiro atoms. The molecule has 1 atom stereocenters. The minimum atomic E-state index is -0.808. The van der Waals surface area contributed by atoms with Crippen LogP contribution in [-0.4, -0.2) is 12.6 Å². The van der Waals surface area contributed by atoms with Crippen molar-refractivity contribution in [3.63, 3.8) is 0 Å². The number of rotatable bonds is 9. The molecule has 4 rings (SSSR count). The zero-order valence-electron chi connectivity index (χ0n) is 20.8. The Morgan fingerprint density at radius 3 is 1.97 bits per heavy atom. The first kappa shape index (κ1) is 25.4. The summed E-state index contributed by atoms with van der Waals surface area (Å²) in [7, 11) is 0. The molecule has 0 saturated heterocycles. The molecule has 3 aromatic carbocycles. The number of nitrogens with zero attached hydrogens (tertiary/aromatic N) is 1. The first-order valence-corrected chi connectivity index (χ1v) is 11.9. The standard InChI is InChI=1S/C30H28N2O5/c1-3-34-30(33)27-20(2)37-29(32)26(17-31)28(27)23-14-24(35-18-21-10-6-4-7-11-21)16-25(15-23)36-19-22-12-8-5-9-13-22/h4-16,28H,3,18-19,32H2,1-2H3. The van der Waals surface area contributed by atoms with Crippen LogP contribution in [0.1, 0.15) is 36.5 Å². The van der Waals surface area contributed by atoms with Crippen LogP contribution in [0.3, 0.4) is 0 Å². The van der Waals surface area contributed by atoms with Crippen LogP contribution in [0, 0.1) is 11.3 Å². The molecule has 0 amide bonds. The summed E-state index contributed by atoms with van der Waals surface area (Å²) in [5.74, 6) is -0.118. The topological polar surface area (TPSA) is 104 Å². The normalized spacial score (nSPS) is 15.0. The quantitative estimate of drug-likeness (QED) is 0.391. The van der Waals surface area contributed by atoms with Gasteiger partial charge in [0.05, 0.1) is 18.1 Å². The van der Waals surface area contributed by atoms with Crippen molar-refractivity contribution in [1.29, 1.82) is 5.26 Å². The molecule has 0 saturated carbocycles. The fraction of sp³-hybridized carbons (Fsp3) is 0.200. The van der Waals surface area contributed by atoms with Crippen LogP contribution < -0.4 is 15.2 Å².